The maximum absolute atomic E-state index is 11.4. The minimum absolute atomic E-state index is 0.0944. The van der Waals surface area contributed by atoms with Crippen LogP contribution in [-0.4, -0.2) is 19.1 Å². The van der Waals surface area contributed by atoms with Gasteiger partial charge in [-0.2, -0.15) is 5.26 Å². The maximum atomic E-state index is 11.4. The molecule has 1 aromatic rings. The number of carbonyl (C=O) groups is 1. The van der Waals surface area contributed by atoms with Crippen molar-refractivity contribution in [2.45, 2.75) is 13.3 Å². The molecule has 0 aliphatic rings. The maximum Gasteiger partial charge on any atom is 0.223 e. The number of ether oxygens (including phenoxy) is 1. The summed E-state index contributed by atoms with van der Waals surface area (Å²) in [7, 11) is 0. The van der Waals surface area contributed by atoms with Gasteiger partial charge in [-0.25, -0.2) is 0 Å². The fourth-order valence-electron chi connectivity index (χ4n) is 1.18. The van der Waals surface area contributed by atoms with Crippen molar-refractivity contribution in [2.75, 3.05) is 13.2 Å². The largest absolute Gasteiger partial charge is 0.493 e. The van der Waals surface area contributed by atoms with Crippen LogP contribution in [0, 0.1) is 17.2 Å². The van der Waals surface area contributed by atoms with Gasteiger partial charge in [-0.3, -0.25) is 4.79 Å². The summed E-state index contributed by atoms with van der Waals surface area (Å²) < 4.78 is 5.38. The van der Waals surface area contributed by atoms with E-state index in [9.17, 15) is 4.79 Å². The van der Waals surface area contributed by atoms with Crippen LogP contribution in [0.25, 0.3) is 0 Å². The Labute approximate surface area is 101 Å². The van der Waals surface area contributed by atoms with E-state index in [2.05, 4.69) is 11.4 Å². The monoisotopic (exact) mass is 232 g/mol. The molecule has 0 saturated heterocycles. The van der Waals surface area contributed by atoms with E-state index in [0.717, 1.165) is 5.75 Å². The highest BCUT2D eigenvalue weighted by Crippen LogP contribution is 2.08. The number of hydrogen-bond donors (Lipinski definition) is 1. The Kier molecular flexibility index (Phi) is 5.59. The second-order valence-corrected chi connectivity index (χ2v) is 3.75. The van der Waals surface area contributed by atoms with E-state index >= 15 is 0 Å². The summed E-state index contributed by atoms with van der Waals surface area (Å²) in [4.78, 5) is 11.4. The summed E-state index contributed by atoms with van der Waals surface area (Å²) in [5, 5.41) is 11.2. The second-order valence-electron chi connectivity index (χ2n) is 3.75. The first-order valence-corrected chi connectivity index (χ1v) is 5.56. The highest BCUT2D eigenvalue weighted by molar-refractivity contribution is 5.76. The number of amides is 1. The molecule has 0 spiro atoms. The van der Waals surface area contributed by atoms with Crippen LogP contribution in [0.1, 0.15) is 13.3 Å². The molecule has 1 atom stereocenters. The zero-order valence-electron chi connectivity index (χ0n) is 9.85. The van der Waals surface area contributed by atoms with Gasteiger partial charge in [0.05, 0.1) is 25.0 Å². The van der Waals surface area contributed by atoms with Crippen molar-refractivity contribution < 1.29 is 9.53 Å². The first-order chi connectivity index (χ1) is 8.22. The number of nitrogens with one attached hydrogen (secondary N) is 1. The van der Waals surface area contributed by atoms with Crippen LogP contribution in [0.2, 0.25) is 0 Å². The zero-order valence-corrected chi connectivity index (χ0v) is 9.85. The van der Waals surface area contributed by atoms with Crippen LogP contribution in [0.4, 0.5) is 0 Å². The SMILES string of the molecule is CC(C#N)CNC(=O)CCOc1ccccc1. The fourth-order valence-corrected chi connectivity index (χ4v) is 1.18. The average Bonchev–Trinajstić information content (AvgIpc) is 2.37. The normalized spacial score (nSPS) is 11.3. The van der Waals surface area contributed by atoms with Crippen LogP contribution < -0.4 is 10.1 Å². The number of para-hydroxylation sites is 1. The van der Waals surface area contributed by atoms with Crippen molar-refractivity contribution in [3.63, 3.8) is 0 Å². The van der Waals surface area contributed by atoms with E-state index in [-0.39, 0.29) is 11.8 Å². The van der Waals surface area contributed by atoms with Crippen LogP contribution in [0.5, 0.6) is 5.75 Å². The van der Waals surface area contributed by atoms with Gasteiger partial charge >= 0.3 is 0 Å². The van der Waals surface area contributed by atoms with E-state index in [4.69, 9.17) is 10.00 Å². The first-order valence-electron chi connectivity index (χ1n) is 5.56. The van der Waals surface area contributed by atoms with Crippen molar-refractivity contribution in [3.8, 4) is 11.8 Å². The molecule has 1 unspecified atom stereocenters. The Hall–Kier alpha value is -2.02. The predicted molar refractivity (Wildman–Crippen MR) is 64.3 cm³/mol. The van der Waals surface area contributed by atoms with E-state index < -0.39 is 0 Å². The Morgan fingerprint density at radius 3 is 2.82 bits per heavy atom. The number of nitrogens with zero attached hydrogens (tertiary/aromatic N) is 1. The lowest BCUT2D eigenvalue weighted by Gasteiger charge is -2.07. The molecular formula is C13H16N2O2. The van der Waals surface area contributed by atoms with Crippen LogP contribution >= 0.6 is 0 Å². The van der Waals surface area contributed by atoms with Crippen LogP contribution in [-0.2, 0) is 4.79 Å². The molecule has 0 fully saturated rings. The molecule has 1 aromatic carbocycles. The predicted octanol–water partition coefficient (Wildman–Crippen LogP) is 1.73. The average molecular weight is 232 g/mol. The van der Waals surface area contributed by atoms with Gasteiger partial charge in [-0.1, -0.05) is 18.2 Å². The van der Waals surface area contributed by atoms with Gasteiger partial charge in [0.15, 0.2) is 0 Å². The van der Waals surface area contributed by atoms with Gasteiger partial charge in [-0.15, -0.1) is 0 Å². The Morgan fingerprint density at radius 1 is 1.47 bits per heavy atom. The fraction of sp³-hybridized carbons (Fsp3) is 0.385. The molecule has 1 amide bonds. The van der Waals surface area contributed by atoms with Crippen molar-refractivity contribution in [1.82, 2.24) is 5.32 Å². The summed E-state index contributed by atoms with van der Waals surface area (Å²) in [6.07, 6.45) is 0.299. The smallest absolute Gasteiger partial charge is 0.223 e. The topological polar surface area (TPSA) is 62.1 Å². The lowest BCUT2D eigenvalue weighted by atomic mass is 10.2. The minimum atomic E-state index is -0.158. The van der Waals surface area contributed by atoms with Crippen LogP contribution in [0.3, 0.4) is 0 Å². The molecule has 0 aromatic heterocycles. The first kappa shape index (κ1) is 13.0. The molecule has 90 valence electrons. The molecule has 0 aliphatic heterocycles. The van der Waals surface area contributed by atoms with E-state index in [0.29, 0.717) is 19.6 Å². The lowest BCUT2D eigenvalue weighted by Crippen LogP contribution is -2.28. The molecule has 4 nitrogen and oxygen atoms in total. The number of rotatable bonds is 6. The second kappa shape index (κ2) is 7.29. The standard InChI is InChI=1S/C13H16N2O2/c1-11(9-14)10-15-13(16)7-8-17-12-5-3-2-4-6-12/h2-6,11H,7-8,10H2,1H3,(H,15,16). The lowest BCUT2D eigenvalue weighted by molar-refractivity contribution is -0.121. The van der Waals surface area contributed by atoms with Crippen molar-refractivity contribution >= 4 is 5.91 Å². The summed E-state index contributed by atoms with van der Waals surface area (Å²) in [5.74, 6) is 0.503. The third-order valence-electron chi connectivity index (χ3n) is 2.17. The zero-order chi connectivity index (χ0) is 12.5. The summed E-state index contributed by atoms with van der Waals surface area (Å²) >= 11 is 0. The van der Waals surface area contributed by atoms with Crippen LogP contribution in [0.15, 0.2) is 30.3 Å². The Balaban J connectivity index is 2.15. The summed E-state index contributed by atoms with van der Waals surface area (Å²) in [6, 6.07) is 11.4. The Bertz CT molecular complexity index is 384. The highest BCUT2D eigenvalue weighted by atomic mass is 16.5. The van der Waals surface area contributed by atoms with Crippen molar-refractivity contribution in [3.05, 3.63) is 30.3 Å². The van der Waals surface area contributed by atoms with Gasteiger partial charge in [0.1, 0.15) is 5.75 Å². The number of hydrogen-bond acceptors (Lipinski definition) is 3. The molecule has 1 N–H and O–H groups in total. The molecule has 1 rings (SSSR count). The molecule has 0 aliphatic carbocycles. The van der Waals surface area contributed by atoms with Gasteiger partial charge in [0, 0.05) is 6.54 Å². The minimum Gasteiger partial charge on any atom is -0.493 e. The molecule has 0 heterocycles. The van der Waals surface area contributed by atoms with Gasteiger partial charge in [0.2, 0.25) is 5.91 Å². The summed E-state index contributed by atoms with van der Waals surface area (Å²) in [5.41, 5.74) is 0. The van der Waals surface area contributed by atoms with E-state index in [1.165, 1.54) is 0 Å². The highest BCUT2D eigenvalue weighted by Gasteiger charge is 2.04. The molecule has 0 radical (unpaired) electrons. The summed E-state index contributed by atoms with van der Waals surface area (Å²) in [6.45, 7) is 2.50. The third-order valence-corrected chi connectivity index (χ3v) is 2.17. The van der Waals surface area contributed by atoms with Gasteiger partial charge in [0.25, 0.3) is 0 Å². The van der Waals surface area contributed by atoms with E-state index in [1.54, 1.807) is 6.92 Å². The third kappa shape index (κ3) is 5.57. The number of nitriles is 1. The molecule has 0 saturated carbocycles. The quantitative estimate of drug-likeness (QED) is 0.812. The Morgan fingerprint density at radius 2 is 2.18 bits per heavy atom. The molecule has 4 heteroatoms. The van der Waals surface area contributed by atoms with Crippen molar-refractivity contribution in [2.24, 2.45) is 5.92 Å². The molecule has 17 heavy (non-hydrogen) atoms. The van der Waals surface area contributed by atoms with Gasteiger partial charge in [-0.05, 0) is 19.1 Å². The van der Waals surface area contributed by atoms with E-state index in [1.807, 2.05) is 30.3 Å². The number of benzene rings is 1. The molecular weight excluding hydrogens is 216 g/mol. The number of carbonyl (C=O) groups excluding carboxylic acids is 1. The van der Waals surface area contributed by atoms with Gasteiger partial charge < -0.3 is 10.1 Å². The molecule has 0 bridgehead atoms. The van der Waals surface area contributed by atoms with Crippen molar-refractivity contribution in [1.29, 1.82) is 5.26 Å².